The number of nitrogens with zero attached hydrogens (tertiary/aromatic N) is 2. The molecule has 0 aliphatic rings. The summed E-state index contributed by atoms with van der Waals surface area (Å²) in [5.74, 6) is 0.721. The van der Waals surface area contributed by atoms with Gasteiger partial charge in [0.05, 0.1) is 23.6 Å². The lowest BCUT2D eigenvalue weighted by Gasteiger charge is -2.09. The first-order chi connectivity index (χ1) is 5.86. The number of hydrogen-bond donors (Lipinski definition) is 0. The van der Waals surface area contributed by atoms with Crippen LogP contribution in [-0.2, 0) is 6.42 Å². The minimum atomic E-state index is 0.721. The molecule has 1 aromatic heterocycles. The van der Waals surface area contributed by atoms with Crippen LogP contribution in [0.3, 0.4) is 0 Å². The number of hydrogen-bond acceptors (Lipinski definition) is 3. The van der Waals surface area contributed by atoms with Gasteiger partial charge in [0.15, 0.2) is 0 Å². The Morgan fingerprint density at radius 2 is 2.50 bits per heavy atom. The average Bonchev–Trinajstić information content (AvgIpc) is 2.56. The van der Waals surface area contributed by atoms with Crippen LogP contribution < -0.4 is 0 Å². The molecule has 1 rings (SSSR count). The molecule has 12 heavy (non-hydrogen) atoms. The summed E-state index contributed by atoms with van der Waals surface area (Å²) in [7, 11) is 0. The van der Waals surface area contributed by atoms with Gasteiger partial charge >= 0.3 is 0 Å². The van der Waals surface area contributed by atoms with E-state index in [9.17, 15) is 0 Å². The summed E-state index contributed by atoms with van der Waals surface area (Å²) in [5, 5.41) is 1.07. The zero-order valence-electron chi connectivity index (χ0n) is 7.16. The monoisotopic (exact) mass is 248 g/mol. The Labute approximate surface area is 85.9 Å². The van der Waals surface area contributed by atoms with E-state index in [1.807, 2.05) is 6.20 Å². The van der Waals surface area contributed by atoms with E-state index in [-0.39, 0.29) is 0 Å². The summed E-state index contributed by atoms with van der Waals surface area (Å²) in [6.45, 7) is 2.22. The quantitative estimate of drug-likeness (QED) is 0.750. The van der Waals surface area contributed by atoms with Crippen LogP contribution in [0.5, 0.6) is 0 Å². The molecular formula is C8H13BrN2S. The molecule has 1 atom stereocenters. The molecule has 0 aromatic carbocycles. The molecule has 68 valence electrons. The van der Waals surface area contributed by atoms with Gasteiger partial charge in [-0.1, -0.05) is 29.3 Å². The van der Waals surface area contributed by atoms with E-state index in [0.29, 0.717) is 0 Å². The highest BCUT2D eigenvalue weighted by atomic mass is 79.9. The Bertz CT molecular complexity index is 201. The fourth-order valence-corrected chi connectivity index (χ4v) is 2.21. The maximum Gasteiger partial charge on any atom is 0.0746 e. The minimum Gasteiger partial charge on any atom is -0.181 e. The van der Waals surface area contributed by atoms with Crippen molar-refractivity contribution in [2.45, 2.75) is 26.2 Å². The number of alkyl halides is 1. The zero-order valence-corrected chi connectivity index (χ0v) is 9.57. The third kappa shape index (κ3) is 3.19. The van der Waals surface area contributed by atoms with Gasteiger partial charge in [-0.2, -0.15) is 8.75 Å². The van der Waals surface area contributed by atoms with E-state index in [2.05, 4.69) is 31.6 Å². The normalized spacial score (nSPS) is 13.2. The number of rotatable bonds is 5. The zero-order chi connectivity index (χ0) is 8.81. The molecule has 0 bridgehead atoms. The highest BCUT2D eigenvalue weighted by Gasteiger charge is 2.08. The van der Waals surface area contributed by atoms with Gasteiger partial charge in [0.2, 0.25) is 0 Å². The van der Waals surface area contributed by atoms with Crippen molar-refractivity contribution in [1.82, 2.24) is 8.75 Å². The molecule has 0 aliphatic heterocycles. The summed E-state index contributed by atoms with van der Waals surface area (Å²) in [6, 6.07) is 0. The Morgan fingerprint density at radius 3 is 3.00 bits per heavy atom. The lowest BCUT2D eigenvalue weighted by atomic mass is 10.0. The summed E-state index contributed by atoms with van der Waals surface area (Å²) in [6.07, 6.45) is 5.45. The molecule has 0 spiro atoms. The predicted octanol–water partition coefficient (Wildman–Crippen LogP) is 2.89. The van der Waals surface area contributed by atoms with Crippen LogP contribution in [0.4, 0.5) is 0 Å². The van der Waals surface area contributed by atoms with Crippen molar-refractivity contribution in [2.75, 3.05) is 5.33 Å². The third-order valence-corrected chi connectivity index (χ3v) is 3.25. The van der Waals surface area contributed by atoms with Crippen molar-refractivity contribution in [1.29, 1.82) is 0 Å². The number of halogens is 1. The second-order valence-corrected chi connectivity index (χ2v) is 4.12. The van der Waals surface area contributed by atoms with E-state index in [0.717, 1.165) is 23.4 Å². The van der Waals surface area contributed by atoms with Crippen molar-refractivity contribution >= 4 is 27.7 Å². The smallest absolute Gasteiger partial charge is 0.0746 e. The lowest BCUT2D eigenvalue weighted by molar-refractivity contribution is 0.530. The van der Waals surface area contributed by atoms with Crippen molar-refractivity contribution in [2.24, 2.45) is 5.92 Å². The highest BCUT2D eigenvalue weighted by molar-refractivity contribution is 9.09. The van der Waals surface area contributed by atoms with Crippen LogP contribution in [-0.4, -0.2) is 14.1 Å². The molecular weight excluding hydrogens is 236 g/mol. The van der Waals surface area contributed by atoms with E-state index in [1.54, 1.807) is 0 Å². The van der Waals surface area contributed by atoms with E-state index < -0.39 is 0 Å². The molecule has 1 unspecified atom stereocenters. The van der Waals surface area contributed by atoms with Crippen LogP contribution in [0.15, 0.2) is 6.20 Å². The fraction of sp³-hybridized carbons (Fsp3) is 0.750. The van der Waals surface area contributed by atoms with Crippen LogP contribution in [0.1, 0.15) is 25.5 Å². The molecule has 1 heterocycles. The molecule has 1 aromatic rings. The molecule has 2 nitrogen and oxygen atoms in total. The van der Waals surface area contributed by atoms with Gasteiger partial charge in [-0.05, 0) is 18.8 Å². The topological polar surface area (TPSA) is 25.8 Å². The van der Waals surface area contributed by atoms with Crippen LogP contribution in [0, 0.1) is 5.92 Å². The lowest BCUT2D eigenvalue weighted by Crippen LogP contribution is -2.05. The molecule has 0 amide bonds. The summed E-state index contributed by atoms with van der Waals surface area (Å²) < 4.78 is 8.18. The van der Waals surface area contributed by atoms with Crippen molar-refractivity contribution in [3.63, 3.8) is 0 Å². The highest BCUT2D eigenvalue weighted by Crippen LogP contribution is 2.15. The van der Waals surface area contributed by atoms with Crippen LogP contribution in [0.2, 0.25) is 0 Å². The van der Waals surface area contributed by atoms with Gasteiger partial charge in [-0.25, -0.2) is 0 Å². The Kier molecular flexibility index (Phi) is 4.76. The van der Waals surface area contributed by atoms with Crippen LogP contribution >= 0.6 is 27.7 Å². The number of aromatic nitrogens is 2. The molecule has 0 aliphatic carbocycles. The average molecular weight is 249 g/mol. The SMILES string of the molecule is CCCC(CBr)Cc1cnsn1. The Balaban J connectivity index is 2.37. The van der Waals surface area contributed by atoms with Crippen molar-refractivity contribution in [3.8, 4) is 0 Å². The van der Waals surface area contributed by atoms with Gasteiger partial charge in [-0.3, -0.25) is 0 Å². The minimum absolute atomic E-state index is 0.721. The first kappa shape index (κ1) is 10.1. The fourth-order valence-electron chi connectivity index (χ4n) is 1.21. The molecule has 0 radical (unpaired) electrons. The summed E-state index contributed by atoms with van der Waals surface area (Å²) in [5.41, 5.74) is 1.14. The summed E-state index contributed by atoms with van der Waals surface area (Å²) in [4.78, 5) is 0. The molecule has 0 saturated heterocycles. The van der Waals surface area contributed by atoms with Gasteiger partial charge in [0.25, 0.3) is 0 Å². The Hall–Kier alpha value is 0.0400. The van der Waals surface area contributed by atoms with Crippen molar-refractivity contribution < 1.29 is 0 Å². The summed E-state index contributed by atoms with van der Waals surface area (Å²) >= 11 is 4.81. The van der Waals surface area contributed by atoms with Crippen molar-refractivity contribution in [3.05, 3.63) is 11.9 Å². The molecule has 4 heteroatoms. The first-order valence-corrected chi connectivity index (χ1v) is 6.04. The maximum absolute atomic E-state index is 4.20. The van der Waals surface area contributed by atoms with E-state index >= 15 is 0 Å². The standard InChI is InChI=1S/C8H13BrN2S/c1-2-3-7(5-9)4-8-6-10-12-11-8/h6-7H,2-5H2,1H3. The first-order valence-electron chi connectivity index (χ1n) is 4.19. The second-order valence-electron chi connectivity index (χ2n) is 2.91. The molecule has 0 saturated carbocycles. The van der Waals surface area contributed by atoms with Crippen LogP contribution in [0.25, 0.3) is 0 Å². The predicted molar refractivity (Wildman–Crippen MR) is 55.8 cm³/mol. The van der Waals surface area contributed by atoms with Gasteiger partial charge in [-0.15, -0.1) is 0 Å². The molecule has 0 N–H and O–H groups in total. The maximum atomic E-state index is 4.20. The molecule has 0 fully saturated rings. The van der Waals surface area contributed by atoms with E-state index in [1.165, 1.54) is 24.6 Å². The van der Waals surface area contributed by atoms with Gasteiger partial charge in [0.1, 0.15) is 0 Å². The van der Waals surface area contributed by atoms with E-state index in [4.69, 9.17) is 0 Å². The largest absolute Gasteiger partial charge is 0.181 e. The second kappa shape index (κ2) is 5.65. The van der Waals surface area contributed by atoms with Gasteiger partial charge < -0.3 is 0 Å². The Morgan fingerprint density at radius 1 is 1.67 bits per heavy atom. The van der Waals surface area contributed by atoms with Gasteiger partial charge in [0, 0.05) is 5.33 Å². The third-order valence-electron chi connectivity index (χ3n) is 1.82.